The number of aryl methyl sites for hydroxylation is 1. The molecule has 6 heteroatoms. The number of rotatable bonds is 7. The molecule has 0 bridgehead atoms. The summed E-state index contributed by atoms with van der Waals surface area (Å²) in [6.07, 6.45) is 4.15. The molecule has 0 spiro atoms. The Bertz CT molecular complexity index is 669. The van der Waals surface area contributed by atoms with Crippen molar-refractivity contribution in [2.75, 3.05) is 23.4 Å². The summed E-state index contributed by atoms with van der Waals surface area (Å²) < 4.78 is 23.7. The highest BCUT2D eigenvalue weighted by molar-refractivity contribution is 7.91. The van der Waals surface area contributed by atoms with E-state index in [9.17, 15) is 8.42 Å². The smallest absolute Gasteiger partial charge is 0.173 e. The average Bonchev–Trinajstić information content (AvgIpc) is 2.91. The fourth-order valence-corrected chi connectivity index (χ4v) is 5.22. The number of nitrogens with one attached hydrogen (secondary N) is 1. The minimum atomic E-state index is -2.93. The number of anilines is 1. The third-order valence-corrected chi connectivity index (χ3v) is 6.58. The Labute approximate surface area is 157 Å². The number of thiocarbonyl (C=S) groups is 1. The Balaban J connectivity index is 2.03. The van der Waals surface area contributed by atoms with Gasteiger partial charge in [0, 0.05) is 18.3 Å². The standard InChI is InChI=1S/C19H30N2O2S2/c1-4-5-6-16-7-9-17(10-8-16)20-19(24)21(13-15(2)3)18-11-12-25(22,23)14-18/h7-10,15,18H,4-6,11-14H2,1-3H3,(H,20,24)/t18-/m0/s1. The summed E-state index contributed by atoms with van der Waals surface area (Å²) in [7, 11) is -2.93. The van der Waals surface area contributed by atoms with Gasteiger partial charge in [-0.25, -0.2) is 8.42 Å². The Hall–Kier alpha value is -1.14. The van der Waals surface area contributed by atoms with Gasteiger partial charge in [-0.05, 0) is 55.1 Å². The first-order valence-electron chi connectivity index (χ1n) is 9.17. The molecule has 1 aromatic rings. The lowest BCUT2D eigenvalue weighted by Gasteiger charge is -2.32. The van der Waals surface area contributed by atoms with Crippen LogP contribution in [-0.4, -0.2) is 42.5 Å². The fourth-order valence-electron chi connectivity index (χ4n) is 3.14. The summed E-state index contributed by atoms with van der Waals surface area (Å²) in [4.78, 5) is 2.07. The van der Waals surface area contributed by atoms with Crippen molar-refractivity contribution in [2.45, 2.75) is 52.5 Å². The van der Waals surface area contributed by atoms with Gasteiger partial charge in [-0.2, -0.15) is 0 Å². The third kappa shape index (κ3) is 6.26. The minimum absolute atomic E-state index is 0.0174. The predicted molar refractivity (Wildman–Crippen MR) is 110 cm³/mol. The third-order valence-electron chi connectivity index (χ3n) is 4.50. The van der Waals surface area contributed by atoms with E-state index in [0.717, 1.165) is 18.7 Å². The zero-order chi connectivity index (χ0) is 18.4. The molecule has 1 aliphatic heterocycles. The molecule has 1 heterocycles. The fraction of sp³-hybridized carbons (Fsp3) is 0.632. The van der Waals surface area contributed by atoms with E-state index in [0.29, 0.717) is 17.5 Å². The number of hydrogen-bond acceptors (Lipinski definition) is 3. The molecular formula is C19H30N2O2S2. The van der Waals surface area contributed by atoms with Crippen molar-refractivity contribution in [3.63, 3.8) is 0 Å². The van der Waals surface area contributed by atoms with Crippen LogP contribution in [0, 0.1) is 5.92 Å². The van der Waals surface area contributed by atoms with Gasteiger partial charge in [0.1, 0.15) is 0 Å². The molecule has 0 saturated carbocycles. The van der Waals surface area contributed by atoms with E-state index in [1.54, 1.807) is 0 Å². The van der Waals surface area contributed by atoms with Gasteiger partial charge >= 0.3 is 0 Å². The van der Waals surface area contributed by atoms with E-state index in [1.807, 2.05) is 0 Å². The Kier molecular flexibility index (Phi) is 7.25. The van der Waals surface area contributed by atoms with Crippen molar-refractivity contribution in [1.29, 1.82) is 0 Å². The average molecular weight is 383 g/mol. The molecule has 0 unspecified atom stereocenters. The predicted octanol–water partition coefficient (Wildman–Crippen LogP) is 3.87. The molecule has 1 fully saturated rings. The van der Waals surface area contributed by atoms with E-state index in [2.05, 4.69) is 55.3 Å². The van der Waals surface area contributed by atoms with Crippen molar-refractivity contribution in [2.24, 2.45) is 5.92 Å². The molecule has 1 atom stereocenters. The summed E-state index contributed by atoms with van der Waals surface area (Å²) in [5.74, 6) is 0.887. The molecule has 1 aliphatic rings. The number of nitrogens with zero attached hydrogens (tertiary/aromatic N) is 1. The molecule has 1 aromatic carbocycles. The summed E-state index contributed by atoms with van der Waals surface area (Å²) in [5, 5.41) is 3.92. The van der Waals surface area contributed by atoms with Crippen molar-refractivity contribution in [3.8, 4) is 0 Å². The highest BCUT2D eigenvalue weighted by atomic mass is 32.2. The molecular weight excluding hydrogens is 352 g/mol. The summed E-state index contributed by atoms with van der Waals surface area (Å²) in [5.41, 5.74) is 2.29. The molecule has 25 heavy (non-hydrogen) atoms. The summed E-state index contributed by atoms with van der Waals surface area (Å²) in [6, 6.07) is 8.35. The van der Waals surface area contributed by atoms with Crippen LogP contribution in [0.1, 0.15) is 45.6 Å². The van der Waals surface area contributed by atoms with Crippen molar-refractivity contribution in [1.82, 2.24) is 4.90 Å². The summed E-state index contributed by atoms with van der Waals surface area (Å²) in [6.45, 7) is 7.21. The van der Waals surface area contributed by atoms with Crippen LogP contribution in [0.15, 0.2) is 24.3 Å². The molecule has 0 aliphatic carbocycles. The lowest BCUT2D eigenvalue weighted by atomic mass is 10.1. The van der Waals surface area contributed by atoms with Crippen molar-refractivity contribution >= 4 is 32.9 Å². The first kappa shape index (κ1) is 20.2. The number of sulfone groups is 1. The van der Waals surface area contributed by atoms with E-state index in [-0.39, 0.29) is 17.5 Å². The van der Waals surface area contributed by atoms with Crippen LogP contribution in [0.2, 0.25) is 0 Å². The number of unbranched alkanes of at least 4 members (excludes halogenated alkanes) is 1. The van der Waals surface area contributed by atoms with Gasteiger partial charge in [0.15, 0.2) is 14.9 Å². The van der Waals surface area contributed by atoms with Gasteiger partial charge in [0.05, 0.1) is 11.5 Å². The highest BCUT2D eigenvalue weighted by Crippen LogP contribution is 2.21. The minimum Gasteiger partial charge on any atom is -0.345 e. The number of hydrogen-bond donors (Lipinski definition) is 1. The van der Waals surface area contributed by atoms with Crippen LogP contribution in [0.25, 0.3) is 0 Å². The van der Waals surface area contributed by atoms with E-state index in [1.165, 1.54) is 18.4 Å². The maximum absolute atomic E-state index is 11.8. The number of benzene rings is 1. The van der Waals surface area contributed by atoms with Crippen molar-refractivity contribution in [3.05, 3.63) is 29.8 Å². The first-order valence-corrected chi connectivity index (χ1v) is 11.4. The van der Waals surface area contributed by atoms with Gasteiger partial charge in [-0.1, -0.05) is 39.3 Å². The Morgan fingerprint density at radius 1 is 1.32 bits per heavy atom. The molecule has 0 amide bonds. The normalized spacial score (nSPS) is 19.1. The van der Waals surface area contributed by atoms with E-state index < -0.39 is 9.84 Å². The molecule has 4 nitrogen and oxygen atoms in total. The summed E-state index contributed by atoms with van der Waals surface area (Å²) >= 11 is 5.61. The highest BCUT2D eigenvalue weighted by Gasteiger charge is 2.33. The molecule has 1 N–H and O–H groups in total. The monoisotopic (exact) mass is 382 g/mol. The molecule has 140 valence electrons. The lowest BCUT2D eigenvalue weighted by Crippen LogP contribution is -2.45. The zero-order valence-electron chi connectivity index (χ0n) is 15.5. The first-order chi connectivity index (χ1) is 11.8. The zero-order valence-corrected chi connectivity index (χ0v) is 17.1. The van der Waals surface area contributed by atoms with Gasteiger partial charge in [-0.3, -0.25) is 0 Å². The SMILES string of the molecule is CCCCc1ccc(NC(=S)N(CC(C)C)[C@H]2CCS(=O)(=O)C2)cc1. The second-order valence-electron chi connectivity index (χ2n) is 7.33. The van der Waals surface area contributed by atoms with E-state index in [4.69, 9.17) is 12.2 Å². The molecule has 0 radical (unpaired) electrons. The molecule has 0 aromatic heterocycles. The second kappa shape index (κ2) is 8.99. The Morgan fingerprint density at radius 2 is 2.00 bits per heavy atom. The van der Waals surface area contributed by atoms with Crippen LogP contribution in [0.3, 0.4) is 0 Å². The van der Waals surface area contributed by atoms with Crippen molar-refractivity contribution < 1.29 is 8.42 Å². The van der Waals surface area contributed by atoms with Crippen LogP contribution in [0.5, 0.6) is 0 Å². The maximum atomic E-state index is 11.8. The van der Waals surface area contributed by atoms with Gasteiger partial charge in [0.25, 0.3) is 0 Å². The van der Waals surface area contributed by atoms with E-state index >= 15 is 0 Å². The van der Waals surface area contributed by atoms with Gasteiger partial charge < -0.3 is 10.2 Å². The second-order valence-corrected chi connectivity index (χ2v) is 9.95. The maximum Gasteiger partial charge on any atom is 0.173 e. The molecule has 2 rings (SSSR count). The van der Waals surface area contributed by atoms with Crippen LogP contribution < -0.4 is 5.32 Å². The molecule has 1 saturated heterocycles. The largest absolute Gasteiger partial charge is 0.345 e. The Morgan fingerprint density at radius 3 is 2.52 bits per heavy atom. The van der Waals surface area contributed by atoms with Gasteiger partial charge in [-0.15, -0.1) is 0 Å². The topological polar surface area (TPSA) is 49.4 Å². The van der Waals surface area contributed by atoms with Gasteiger partial charge in [0.2, 0.25) is 0 Å². The van der Waals surface area contributed by atoms with Crippen LogP contribution in [0.4, 0.5) is 5.69 Å². The van der Waals surface area contributed by atoms with Crippen LogP contribution >= 0.6 is 12.2 Å². The lowest BCUT2D eigenvalue weighted by molar-refractivity contribution is 0.303. The quantitative estimate of drug-likeness (QED) is 0.726. The van der Waals surface area contributed by atoms with Crippen LogP contribution in [-0.2, 0) is 16.3 Å².